The Balaban J connectivity index is 1.50. The summed E-state index contributed by atoms with van der Waals surface area (Å²) < 4.78 is 5.95. The van der Waals surface area contributed by atoms with E-state index in [2.05, 4.69) is 31.3 Å². The zero-order chi connectivity index (χ0) is 21.4. The van der Waals surface area contributed by atoms with Gasteiger partial charge in [-0.15, -0.1) is 0 Å². The van der Waals surface area contributed by atoms with Gasteiger partial charge in [-0.1, -0.05) is 56.3 Å². The van der Waals surface area contributed by atoms with Crippen molar-refractivity contribution in [3.05, 3.63) is 84.4 Å². The molecule has 3 aromatic carbocycles. The number of carbonyl (C=O) groups is 1. The van der Waals surface area contributed by atoms with E-state index >= 15 is 0 Å². The minimum atomic E-state index is -0.263. The van der Waals surface area contributed by atoms with E-state index < -0.39 is 0 Å². The van der Waals surface area contributed by atoms with E-state index in [4.69, 9.17) is 9.73 Å². The lowest BCUT2D eigenvalue weighted by Crippen LogP contribution is -2.42. The Morgan fingerprint density at radius 2 is 1.55 bits per heavy atom. The van der Waals surface area contributed by atoms with Gasteiger partial charge in [0.1, 0.15) is 17.3 Å². The Hall–Kier alpha value is -3.40. The molecule has 156 valence electrons. The number of nitrogens with one attached hydrogen (secondary N) is 1. The molecule has 4 heteroatoms. The maximum Gasteiger partial charge on any atom is 0.144 e. The number of Topliss-reactive ketones (excluding diaryl/α,β-unsaturated/α-hetero) is 1. The first kappa shape index (κ1) is 19.6. The van der Waals surface area contributed by atoms with Crippen LogP contribution in [0.2, 0.25) is 0 Å². The van der Waals surface area contributed by atoms with Gasteiger partial charge in [-0.2, -0.15) is 0 Å². The summed E-state index contributed by atoms with van der Waals surface area (Å²) in [4.78, 5) is 18.3. The number of aliphatic imine (C=N–C) groups is 1. The van der Waals surface area contributed by atoms with Gasteiger partial charge in [0.25, 0.3) is 0 Å². The van der Waals surface area contributed by atoms with Crippen molar-refractivity contribution < 1.29 is 9.53 Å². The third-order valence-electron chi connectivity index (χ3n) is 6.05. The molecule has 0 bridgehead atoms. The Bertz CT molecular complexity index is 1130. The van der Waals surface area contributed by atoms with Gasteiger partial charge in [0.05, 0.1) is 23.3 Å². The summed E-state index contributed by atoms with van der Waals surface area (Å²) in [6.45, 7) is 4.30. The summed E-state index contributed by atoms with van der Waals surface area (Å²) in [7, 11) is 0. The number of nitrogens with zero attached hydrogens (tertiary/aromatic N) is 1. The van der Waals surface area contributed by atoms with Crippen molar-refractivity contribution >= 4 is 22.9 Å². The zero-order valence-electron chi connectivity index (χ0n) is 17.8. The van der Waals surface area contributed by atoms with E-state index in [1.54, 1.807) is 0 Å². The van der Waals surface area contributed by atoms with Crippen LogP contribution in [0.15, 0.2) is 83.9 Å². The minimum Gasteiger partial charge on any atom is -0.457 e. The second-order valence-electron chi connectivity index (χ2n) is 9.19. The van der Waals surface area contributed by atoms with Crippen molar-refractivity contribution in [3.63, 3.8) is 0 Å². The highest BCUT2D eigenvalue weighted by atomic mass is 16.5. The predicted octanol–water partition coefficient (Wildman–Crippen LogP) is 6.72. The van der Waals surface area contributed by atoms with Crippen LogP contribution in [0.25, 0.3) is 0 Å². The first-order valence-electron chi connectivity index (χ1n) is 10.8. The van der Waals surface area contributed by atoms with Crippen LogP contribution in [-0.4, -0.2) is 11.5 Å². The SMILES string of the molecule is CC1(C)CC(=O)C2C(=Nc3ccccc3NC2c2ccc(Oc3ccccc3)cc2)C1. The van der Waals surface area contributed by atoms with Crippen LogP contribution >= 0.6 is 0 Å². The Labute approximate surface area is 183 Å². The fourth-order valence-electron chi connectivity index (χ4n) is 4.66. The number of ketones is 1. The molecule has 2 atom stereocenters. The summed E-state index contributed by atoms with van der Waals surface area (Å²) in [6, 6.07) is 25.7. The van der Waals surface area contributed by atoms with Crippen LogP contribution in [-0.2, 0) is 4.79 Å². The Morgan fingerprint density at radius 1 is 0.871 bits per heavy atom. The van der Waals surface area contributed by atoms with Gasteiger partial charge in [0.2, 0.25) is 0 Å². The van der Waals surface area contributed by atoms with Crippen molar-refractivity contribution in [2.75, 3.05) is 5.32 Å². The minimum absolute atomic E-state index is 0.0658. The molecule has 0 amide bonds. The lowest BCUT2D eigenvalue weighted by Gasteiger charge is -2.37. The third-order valence-corrected chi connectivity index (χ3v) is 6.05. The summed E-state index contributed by atoms with van der Waals surface area (Å²) in [6.07, 6.45) is 1.39. The lowest BCUT2D eigenvalue weighted by molar-refractivity contribution is -0.124. The largest absolute Gasteiger partial charge is 0.457 e. The van der Waals surface area contributed by atoms with Gasteiger partial charge in [0, 0.05) is 12.1 Å². The molecule has 5 rings (SSSR count). The molecule has 31 heavy (non-hydrogen) atoms. The van der Waals surface area contributed by atoms with Crippen LogP contribution in [0.3, 0.4) is 0 Å². The van der Waals surface area contributed by atoms with E-state index in [1.165, 1.54) is 0 Å². The van der Waals surface area contributed by atoms with Crippen molar-refractivity contribution in [1.29, 1.82) is 0 Å². The van der Waals surface area contributed by atoms with Crippen LogP contribution in [0.1, 0.15) is 38.3 Å². The number of ether oxygens (including phenoxy) is 1. The van der Waals surface area contributed by atoms with Crippen molar-refractivity contribution in [2.24, 2.45) is 16.3 Å². The highest BCUT2D eigenvalue weighted by Gasteiger charge is 2.43. The quantitative estimate of drug-likeness (QED) is 0.521. The molecule has 2 aliphatic rings. The predicted molar refractivity (Wildman–Crippen MR) is 124 cm³/mol. The molecule has 2 unspecified atom stereocenters. The highest BCUT2D eigenvalue weighted by molar-refractivity contribution is 6.10. The number of rotatable bonds is 3. The standard InChI is InChI=1S/C27H26N2O2/c1-27(2)16-23-25(24(30)17-27)26(29-22-11-7-6-10-21(22)28-23)18-12-14-20(15-13-18)31-19-8-4-3-5-9-19/h3-15,25-26,29H,16-17H2,1-2H3. The number of anilines is 1. The fourth-order valence-corrected chi connectivity index (χ4v) is 4.66. The van der Waals surface area contributed by atoms with Crippen LogP contribution in [0, 0.1) is 11.3 Å². The second-order valence-corrected chi connectivity index (χ2v) is 9.19. The molecule has 1 aliphatic heterocycles. The van der Waals surface area contributed by atoms with Crippen LogP contribution < -0.4 is 10.1 Å². The molecule has 1 saturated carbocycles. The van der Waals surface area contributed by atoms with Crippen LogP contribution in [0.5, 0.6) is 11.5 Å². The molecule has 1 N–H and O–H groups in total. The third kappa shape index (κ3) is 3.98. The van der Waals surface area contributed by atoms with E-state index in [0.717, 1.165) is 40.6 Å². The number of fused-ring (bicyclic) bond motifs is 2. The molecule has 0 radical (unpaired) electrons. The highest BCUT2D eigenvalue weighted by Crippen LogP contribution is 2.45. The van der Waals surface area contributed by atoms with Gasteiger partial charge in [-0.05, 0) is 53.8 Å². The molecule has 0 aromatic heterocycles. The number of para-hydroxylation sites is 3. The number of hydrogen-bond donors (Lipinski definition) is 1. The first-order valence-corrected chi connectivity index (χ1v) is 10.8. The molecule has 0 saturated heterocycles. The topological polar surface area (TPSA) is 50.7 Å². The van der Waals surface area contributed by atoms with Gasteiger partial charge < -0.3 is 10.1 Å². The van der Waals surface area contributed by atoms with Gasteiger partial charge in [-0.25, -0.2) is 0 Å². The molecule has 3 aromatic rings. The molecule has 1 fully saturated rings. The average Bonchev–Trinajstić information content (AvgIpc) is 2.90. The summed E-state index contributed by atoms with van der Waals surface area (Å²) in [5.41, 5.74) is 3.84. The monoisotopic (exact) mass is 410 g/mol. The summed E-state index contributed by atoms with van der Waals surface area (Å²) in [5.74, 6) is 1.57. The Morgan fingerprint density at radius 3 is 2.32 bits per heavy atom. The van der Waals surface area contributed by atoms with E-state index in [9.17, 15) is 4.79 Å². The molecular formula is C27H26N2O2. The smallest absolute Gasteiger partial charge is 0.144 e. The normalized spacial score (nSPS) is 21.7. The second kappa shape index (κ2) is 7.69. The van der Waals surface area contributed by atoms with Gasteiger partial charge >= 0.3 is 0 Å². The average molecular weight is 411 g/mol. The van der Waals surface area contributed by atoms with Gasteiger partial charge in [-0.3, -0.25) is 9.79 Å². The van der Waals surface area contributed by atoms with E-state index in [1.807, 2.05) is 66.7 Å². The molecular weight excluding hydrogens is 384 g/mol. The van der Waals surface area contributed by atoms with Crippen molar-refractivity contribution in [1.82, 2.24) is 0 Å². The molecule has 4 nitrogen and oxygen atoms in total. The number of hydrogen-bond acceptors (Lipinski definition) is 4. The van der Waals surface area contributed by atoms with E-state index in [-0.39, 0.29) is 23.2 Å². The van der Waals surface area contributed by atoms with Gasteiger partial charge in [0.15, 0.2) is 0 Å². The number of carbonyl (C=O) groups excluding carboxylic acids is 1. The first-order chi connectivity index (χ1) is 15.0. The number of benzene rings is 3. The van der Waals surface area contributed by atoms with Crippen molar-refractivity contribution in [3.8, 4) is 11.5 Å². The fraction of sp³-hybridized carbons (Fsp3) is 0.259. The molecule has 1 heterocycles. The molecule has 1 aliphatic carbocycles. The molecule has 0 spiro atoms. The van der Waals surface area contributed by atoms with Crippen molar-refractivity contribution in [2.45, 2.75) is 32.7 Å². The summed E-state index contributed by atoms with van der Waals surface area (Å²) >= 11 is 0. The maximum absolute atomic E-state index is 13.3. The Kier molecular flexibility index (Phi) is 4.85. The van der Waals surface area contributed by atoms with Crippen LogP contribution in [0.4, 0.5) is 11.4 Å². The lowest BCUT2D eigenvalue weighted by atomic mass is 9.68. The maximum atomic E-state index is 13.3. The van der Waals surface area contributed by atoms with E-state index in [0.29, 0.717) is 6.42 Å². The zero-order valence-corrected chi connectivity index (χ0v) is 17.8. The summed E-state index contributed by atoms with van der Waals surface area (Å²) in [5, 5.41) is 3.63.